The van der Waals surface area contributed by atoms with Crippen molar-refractivity contribution in [1.29, 1.82) is 0 Å². The van der Waals surface area contributed by atoms with Crippen molar-refractivity contribution in [3.8, 4) is 0 Å². The zero-order chi connectivity index (χ0) is 11.9. The Balaban J connectivity index is 3.89. The Morgan fingerprint density at radius 1 is 1.40 bits per heavy atom. The summed E-state index contributed by atoms with van der Waals surface area (Å²) < 4.78 is 5.27. The van der Waals surface area contributed by atoms with Gasteiger partial charge < -0.3 is 15.4 Å². The highest BCUT2D eigenvalue weighted by Crippen LogP contribution is 2.11. The molecule has 4 nitrogen and oxygen atoms in total. The predicted octanol–water partition coefficient (Wildman–Crippen LogP) is 0.999. The second kappa shape index (κ2) is 6.80. The van der Waals surface area contributed by atoms with E-state index in [9.17, 15) is 4.79 Å². The van der Waals surface area contributed by atoms with Crippen LogP contribution in [0.3, 0.4) is 0 Å². The topological polar surface area (TPSA) is 55.6 Å². The summed E-state index contributed by atoms with van der Waals surface area (Å²) in [4.78, 5) is 13.4. The number of likely N-dealkylation sites (N-methyl/N-ethyl adjacent to an activating group) is 1. The quantitative estimate of drug-likeness (QED) is 0.646. The normalized spacial score (nSPS) is 11.5. The summed E-state index contributed by atoms with van der Waals surface area (Å²) in [5, 5.41) is 0. The summed E-state index contributed by atoms with van der Waals surface area (Å²) in [6.07, 6.45) is 1.41. The van der Waals surface area contributed by atoms with E-state index in [1.165, 1.54) is 0 Å². The molecule has 1 amide bonds. The van der Waals surface area contributed by atoms with E-state index in [1.807, 2.05) is 20.8 Å². The maximum absolute atomic E-state index is 11.7. The summed E-state index contributed by atoms with van der Waals surface area (Å²) in [5.41, 5.74) is 5.32. The fraction of sp³-hybridized carbons (Fsp3) is 0.909. The van der Waals surface area contributed by atoms with E-state index in [0.29, 0.717) is 19.6 Å². The first-order chi connectivity index (χ1) is 6.95. The molecule has 90 valence electrons. The zero-order valence-electron chi connectivity index (χ0n) is 10.4. The molecule has 0 aromatic rings. The van der Waals surface area contributed by atoms with Crippen molar-refractivity contribution in [2.24, 2.45) is 5.73 Å². The maximum Gasteiger partial charge on any atom is 0.225 e. The lowest BCUT2D eigenvalue weighted by molar-refractivity contribution is -0.135. The van der Waals surface area contributed by atoms with Crippen LogP contribution >= 0.6 is 0 Å². The van der Waals surface area contributed by atoms with E-state index < -0.39 is 0 Å². The van der Waals surface area contributed by atoms with Gasteiger partial charge in [0.15, 0.2) is 0 Å². The van der Waals surface area contributed by atoms with Crippen LogP contribution in [0.4, 0.5) is 0 Å². The standard InChI is InChI=1S/C11H24N2O2/c1-5-7-15-8-6-10(14)13(4)11(2,3)9-12/h5-9,12H2,1-4H3. The number of amides is 1. The Labute approximate surface area is 92.8 Å². The highest BCUT2D eigenvalue weighted by molar-refractivity contribution is 5.76. The molecule has 0 aromatic carbocycles. The molecule has 0 saturated carbocycles. The molecule has 0 radical (unpaired) electrons. The molecule has 0 saturated heterocycles. The number of carbonyl (C=O) groups excluding carboxylic acids is 1. The Bertz CT molecular complexity index is 193. The van der Waals surface area contributed by atoms with Gasteiger partial charge in [-0.05, 0) is 20.3 Å². The van der Waals surface area contributed by atoms with Crippen LogP contribution in [0.2, 0.25) is 0 Å². The van der Waals surface area contributed by atoms with Crippen molar-refractivity contribution in [3.63, 3.8) is 0 Å². The van der Waals surface area contributed by atoms with Gasteiger partial charge in [0.05, 0.1) is 13.0 Å². The van der Waals surface area contributed by atoms with Crippen LogP contribution in [0, 0.1) is 0 Å². The Morgan fingerprint density at radius 3 is 2.47 bits per heavy atom. The molecule has 0 aliphatic rings. The van der Waals surface area contributed by atoms with Gasteiger partial charge in [0.1, 0.15) is 0 Å². The molecule has 4 heteroatoms. The van der Waals surface area contributed by atoms with E-state index in [-0.39, 0.29) is 11.4 Å². The third-order valence-electron chi connectivity index (χ3n) is 2.59. The highest BCUT2D eigenvalue weighted by atomic mass is 16.5. The highest BCUT2D eigenvalue weighted by Gasteiger charge is 2.25. The summed E-state index contributed by atoms with van der Waals surface area (Å²) in [6, 6.07) is 0. The largest absolute Gasteiger partial charge is 0.381 e. The third-order valence-corrected chi connectivity index (χ3v) is 2.59. The summed E-state index contributed by atoms with van der Waals surface area (Å²) in [6.45, 7) is 7.64. The van der Waals surface area contributed by atoms with Crippen LogP contribution in [-0.4, -0.2) is 43.2 Å². The van der Waals surface area contributed by atoms with Gasteiger partial charge in [-0.15, -0.1) is 0 Å². The van der Waals surface area contributed by atoms with Crippen molar-refractivity contribution in [2.75, 3.05) is 26.8 Å². The van der Waals surface area contributed by atoms with E-state index in [0.717, 1.165) is 13.0 Å². The van der Waals surface area contributed by atoms with Crippen LogP contribution in [0.5, 0.6) is 0 Å². The minimum atomic E-state index is -0.276. The van der Waals surface area contributed by atoms with Gasteiger partial charge in [-0.1, -0.05) is 6.92 Å². The Hall–Kier alpha value is -0.610. The van der Waals surface area contributed by atoms with Gasteiger partial charge in [-0.25, -0.2) is 0 Å². The van der Waals surface area contributed by atoms with Crippen LogP contribution in [0.15, 0.2) is 0 Å². The number of nitrogens with zero attached hydrogens (tertiary/aromatic N) is 1. The zero-order valence-corrected chi connectivity index (χ0v) is 10.4. The van der Waals surface area contributed by atoms with Crippen molar-refractivity contribution in [1.82, 2.24) is 4.90 Å². The van der Waals surface area contributed by atoms with Crippen LogP contribution in [0.1, 0.15) is 33.6 Å². The van der Waals surface area contributed by atoms with Gasteiger partial charge in [-0.3, -0.25) is 4.79 Å². The molecule has 0 aliphatic carbocycles. The molecule has 2 N–H and O–H groups in total. The molecule has 0 atom stereocenters. The lowest BCUT2D eigenvalue weighted by atomic mass is 10.0. The second-order valence-electron chi connectivity index (χ2n) is 4.33. The van der Waals surface area contributed by atoms with Crippen molar-refractivity contribution in [2.45, 2.75) is 39.2 Å². The van der Waals surface area contributed by atoms with Gasteiger partial charge in [0, 0.05) is 25.7 Å². The number of hydrogen-bond acceptors (Lipinski definition) is 3. The SMILES string of the molecule is CCCOCCC(=O)N(C)C(C)(C)CN. The Morgan fingerprint density at radius 2 is 2.00 bits per heavy atom. The lowest BCUT2D eigenvalue weighted by Crippen LogP contribution is -2.50. The van der Waals surface area contributed by atoms with Gasteiger partial charge >= 0.3 is 0 Å². The minimum absolute atomic E-state index is 0.0848. The summed E-state index contributed by atoms with van der Waals surface area (Å²) in [5.74, 6) is 0.0848. The molecule has 0 heterocycles. The number of carbonyl (C=O) groups is 1. The molecule has 0 spiro atoms. The van der Waals surface area contributed by atoms with Crippen LogP contribution in [-0.2, 0) is 9.53 Å². The minimum Gasteiger partial charge on any atom is -0.381 e. The summed E-state index contributed by atoms with van der Waals surface area (Å²) >= 11 is 0. The molecule has 0 aromatic heterocycles. The molecule has 0 aliphatic heterocycles. The molecule has 0 rings (SSSR count). The average Bonchev–Trinajstić information content (AvgIpc) is 2.23. The fourth-order valence-electron chi connectivity index (χ4n) is 1.05. The molecular weight excluding hydrogens is 192 g/mol. The van der Waals surface area contributed by atoms with E-state index in [1.54, 1.807) is 11.9 Å². The smallest absolute Gasteiger partial charge is 0.225 e. The number of rotatable bonds is 7. The van der Waals surface area contributed by atoms with Gasteiger partial charge in [0.2, 0.25) is 5.91 Å². The van der Waals surface area contributed by atoms with Crippen molar-refractivity contribution < 1.29 is 9.53 Å². The Kier molecular flexibility index (Phi) is 6.52. The molecule has 0 fully saturated rings. The first kappa shape index (κ1) is 14.4. The second-order valence-corrected chi connectivity index (χ2v) is 4.33. The lowest BCUT2D eigenvalue weighted by Gasteiger charge is -2.34. The third kappa shape index (κ3) is 5.14. The molecular formula is C11H24N2O2. The number of hydrogen-bond donors (Lipinski definition) is 1. The van der Waals surface area contributed by atoms with E-state index in [4.69, 9.17) is 10.5 Å². The van der Waals surface area contributed by atoms with Crippen LogP contribution in [0.25, 0.3) is 0 Å². The summed E-state index contributed by atoms with van der Waals surface area (Å²) in [7, 11) is 1.79. The van der Waals surface area contributed by atoms with Gasteiger partial charge in [-0.2, -0.15) is 0 Å². The van der Waals surface area contributed by atoms with E-state index in [2.05, 4.69) is 0 Å². The first-order valence-corrected chi connectivity index (χ1v) is 5.50. The van der Waals surface area contributed by atoms with E-state index >= 15 is 0 Å². The average molecular weight is 216 g/mol. The fourth-order valence-corrected chi connectivity index (χ4v) is 1.05. The maximum atomic E-state index is 11.7. The molecule has 15 heavy (non-hydrogen) atoms. The monoisotopic (exact) mass is 216 g/mol. The molecule has 0 bridgehead atoms. The van der Waals surface area contributed by atoms with Crippen molar-refractivity contribution in [3.05, 3.63) is 0 Å². The number of nitrogens with two attached hydrogens (primary N) is 1. The number of ether oxygens (including phenoxy) is 1. The van der Waals surface area contributed by atoms with Gasteiger partial charge in [0.25, 0.3) is 0 Å². The predicted molar refractivity (Wildman–Crippen MR) is 61.6 cm³/mol. The molecule has 0 unspecified atom stereocenters. The van der Waals surface area contributed by atoms with Crippen LogP contribution < -0.4 is 5.73 Å². The van der Waals surface area contributed by atoms with Crippen molar-refractivity contribution >= 4 is 5.91 Å². The first-order valence-electron chi connectivity index (χ1n) is 5.50.